The van der Waals surface area contributed by atoms with Crippen LogP contribution in [0.4, 0.5) is 4.79 Å². The zero-order valence-electron chi connectivity index (χ0n) is 20.2. The van der Waals surface area contributed by atoms with Crippen molar-refractivity contribution in [3.63, 3.8) is 0 Å². The van der Waals surface area contributed by atoms with Gasteiger partial charge in [0, 0.05) is 25.4 Å². The minimum Gasteiger partial charge on any atom is -0.480 e. The molecule has 2 aromatic rings. The van der Waals surface area contributed by atoms with Crippen LogP contribution in [0.3, 0.4) is 0 Å². The first-order valence-corrected chi connectivity index (χ1v) is 12.6. The lowest BCUT2D eigenvalue weighted by atomic mass is 9.98. The van der Waals surface area contributed by atoms with E-state index in [1.165, 1.54) is 27.2 Å². The van der Waals surface area contributed by atoms with E-state index in [1.54, 1.807) is 0 Å². The van der Waals surface area contributed by atoms with E-state index in [1.807, 2.05) is 31.2 Å². The number of likely N-dealkylation sites (tertiary alicyclic amines) is 1. The van der Waals surface area contributed by atoms with E-state index in [9.17, 15) is 19.5 Å². The highest BCUT2D eigenvalue weighted by Gasteiger charge is 2.32. The molecule has 0 bridgehead atoms. The monoisotopic (exact) mass is 478 g/mol. The number of carboxylic acids is 1. The van der Waals surface area contributed by atoms with E-state index in [-0.39, 0.29) is 24.3 Å². The summed E-state index contributed by atoms with van der Waals surface area (Å²) >= 11 is 0. The molecule has 35 heavy (non-hydrogen) atoms. The highest BCUT2D eigenvalue weighted by Crippen LogP contribution is 2.44. The maximum Gasteiger partial charge on any atom is 0.407 e. The topological polar surface area (TPSA) is 95.9 Å². The zero-order valence-corrected chi connectivity index (χ0v) is 20.2. The second-order valence-electron chi connectivity index (χ2n) is 9.62. The Balaban J connectivity index is 1.18. The van der Waals surface area contributed by atoms with Crippen molar-refractivity contribution in [3.8, 4) is 11.1 Å². The Morgan fingerprint density at radius 3 is 2.34 bits per heavy atom. The summed E-state index contributed by atoms with van der Waals surface area (Å²) in [7, 11) is 0. The number of ether oxygens (including phenoxy) is 1. The van der Waals surface area contributed by atoms with Crippen LogP contribution in [0.2, 0.25) is 0 Å². The van der Waals surface area contributed by atoms with Crippen LogP contribution in [0.1, 0.15) is 62.5 Å². The van der Waals surface area contributed by atoms with Crippen molar-refractivity contribution in [2.75, 3.05) is 19.7 Å². The molecule has 1 unspecified atom stereocenters. The number of nitrogens with one attached hydrogen (secondary N) is 1. The molecule has 2 amide bonds. The van der Waals surface area contributed by atoms with Crippen LogP contribution in [-0.2, 0) is 14.3 Å². The Kier molecular flexibility index (Phi) is 8.06. The molecular weight excluding hydrogens is 444 g/mol. The molecule has 0 saturated carbocycles. The average Bonchev–Trinajstić information content (AvgIpc) is 3.19. The summed E-state index contributed by atoms with van der Waals surface area (Å²) in [4.78, 5) is 37.8. The van der Waals surface area contributed by atoms with E-state index < -0.39 is 18.1 Å². The highest BCUT2D eigenvalue weighted by molar-refractivity contribution is 5.84. The summed E-state index contributed by atoms with van der Waals surface area (Å²) in [5.74, 6) is -0.754. The number of fused-ring (bicyclic) bond motifs is 3. The first kappa shape index (κ1) is 24.8. The summed E-state index contributed by atoms with van der Waals surface area (Å²) in [5, 5.41) is 12.2. The first-order chi connectivity index (χ1) is 17.0. The van der Waals surface area contributed by atoms with E-state index in [0.717, 1.165) is 19.3 Å². The van der Waals surface area contributed by atoms with Gasteiger partial charge < -0.3 is 20.1 Å². The minimum atomic E-state index is -0.918. The summed E-state index contributed by atoms with van der Waals surface area (Å²) in [6, 6.07) is 15.8. The van der Waals surface area contributed by atoms with Gasteiger partial charge in [-0.05, 0) is 60.3 Å². The molecular formula is C28H34N2O5. The van der Waals surface area contributed by atoms with Gasteiger partial charge >= 0.3 is 12.1 Å². The molecule has 1 heterocycles. The molecule has 2 N–H and O–H groups in total. The quantitative estimate of drug-likeness (QED) is 0.540. The second kappa shape index (κ2) is 11.4. The second-order valence-corrected chi connectivity index (χ2v) is 9.62. The Morgan fingerprint density at radius 1 is 1.03 bits per heavy atom. The number of nitrogens with zero attached hydrogens (tertiary/aromatic N) is 1. The summed E-state index contributed by atoms with van der Waals surface area (Å²) in [6.07, 6.45) is 3.51. The van der Waals surface area contributed by atoms with Gasteiger partial charge in [-0.15, -0.1) is 0 Å². The Hall–Kier alpha value is -3.35. The van der Waals surface area contributed by atoms with E-state index >= 15 is 0 Å². The van der Waals surface area contributed by atoms with E-state index in [4.69, 9.17) is 4.74 Å². The van der Waals surface area contributed by atoms with Crippen molar-refractivity contribution in [1.82, 2.24) is 10.2 Å². The lowest BCUT2D eigenvalue weighted by Crippen LogP contribution is -2.48. The van der Waals surface area contributed by atoms with Gasteiger partial charge in [0.25, 0.3) is 0 Å². The van der Waals surface area contributed by atoms with Crippen LogP contribution in [-0.4, -0.2) is 53.7 Å². The van der Waals surface area contributed by atoms with Gasteiger partial charge in [0.05, 0.1) is 0 Å². The number of rotatable bonds is 9. The van der Waals surface area contributed by atoms with Crippen molar-refractivity contribution in [3.05, 3.63) is 59.7 Å². The van der Waals surface area contributed by atoms with Crippen LogP contribution in [0.25, 0.3) is 11.1 Å². The number of aliphatic carboxylic acids is 1. The molecule has 0 aromatic heterocycles. The van der Waals surface area contributed by atoms with Gasteiger partial charge in [-0.3, -0.25) is 4.79 Å². The third-order valence-electron chi connectivity index (χ3n) is 7.21. The van der Waals surface area contributed by atoms with Gasteiger partial charge in [-0.25, -0.2) is 9.59 Å². The van der Waals surface area contributed by atoms with Crippen molar-refractivity contribution in [1.29, 1.82) is 0 Å². The number of carbonyl (C=O) groups is 3. The largest absolute Gasteiger partial charge is 0.480 e. The number of piperidine rings is 1. The Bertz CT molecular complexity index is 1020. The smallest absolute Gasteiger partial charge is 0.407 e. The third-order valence-corrected chi connectivity index (χ3v) is 7.21. The Morgan fingerprint density at radius 2 is 1.69 bits per heavy atom. The normalized spacial score (nSPS) is 17.9. The maximum absolute atomic E-state index is 12.6. The lowest BCUT2D eigenvalue weighted by molar-refractivity contribution is -0.152. The van der Waals surface area contributed by atoms with Crippen molar-refractivity contribution < 1.29 is 24.2 Å². The van der Waals surface area contributed by atoms with E-state index in [2.05, 4.69) is 29.6 Å². The predicted octanol–water partition coefficient (Wildman–Crippen LogP) is 4.80. The molecule has 0 spiro atoms. The fourth-order valence-corrected chi connectivity index (χ4v) is 5.21. The summed E-state index contributed by atoms with van der Waals surface area (Å²) in [5.41, 5.74) is 4.75. The van der Waals surface area contributed by atoms with Crippen molar-refractivity contribution in [2.45, 2.75) is 57.4 Å². The molecule has 4 rings (SSSR count). The molecule has 2 atom stereocenters. The standard InChI is InChI=1S/C28H34N2O5/c1-19(13-14-26(31)30-17-7-6-12-25(30)27(32)33)15-16-29-28(34)35-18-24-22-10-4-2-8-20(22)21-9-3-5-11-23(21)24/h2-5,8-11,19,24-25H,6-7,12-18H2,1H3,(H,29,34)(H,32,33)/t19?,25-/m1/s1. The van der Waals surface area contributed by atoms with Crippen LogP contribution in [0.5, 0.6) is 0 Å². The van der Waals surface area contributed by atoms with Gasteiger partial charge in [0.2, 0.25) is 5.91 Å². The average molecular weight is 479 g/mol. The van der Waals surface area contributed by atoms with Crippen LogP contribution in [0.15, 0.2) is 48.5 Å². The van der Waals surface area contributed by atoms with E-state index in [0.29, 0.717) is 32.4 Å². The van der Waals surface area contributed by atoms with Crippen molar-refractivity contribution in [2.24, 2.45) is 5.92 Å². The van der Waals surface area contributed by atoms with Gasteiger partial charge in [0.1, 0.15) is 12.6 Å². The van der Waals surface area contributed by atoms with Gasteiger partial charge in [-0.2, -0.15) is 0 Å². The molecule has 7 heteroatoms. The lowest BCUT2D eigenvalue weighted by Gasteiger charge is -2.33. The van der Waals surface area contributed by atoms with Crippen LogP contribution in [0, 0.1) is 5.92 Å². The molecule has 186 valence electrons. The number of hydrogen-bond acceptors (Lipinski definition) is 4. The molecule has 2 aromatic carbocycles. The molecule has 7 nitrogen and oxygen atoms in total. The molecule has 0 radical (unpaired) electrons. The Labute approximate surface area is 206 Å². The van der Waals surface area contributed by atoms with Crippen LogP contribution >= 0.6 is 0 Å². The number of carbonyl (C=O) groups excluding carboxylic acids is 2. The maximum atomic E-state index is 12.6. The predicted molar refractivity (Wildman–Crippen MR) is 133 cm³/mol. The molecule has 1 aliphatic carbocycles. The van der Waals surface area contributed by atoms with Crippen LogP contribution < -0.4 is 5.32 Å². The van der Waals surface area contributed by atoms with Gasteiger partial charge in [-0.1, -0.05) is 55.5 Å². The molecule has 2 aliphatic rings. The van der Waals surface area contributed by atoms with Crippen molar-refractivity contribution >= 4 is 18.0 Å². The highest BCUT2D eigenvalue weighted by atomic mass is 16.5. The number of benzene rings is 2. The molecule has 1 saturated heterocycles. The third kappa shape index (κ3) is 5.84. The SMILES string of the molecule is CC(CCNC(=O)OCC1c2ccccc2-c2ccccc21)CCC(=O)N1CCCC[C@@H]1C(=O)O. The summed E-state index contributed by atoms with van der Waals surface area (Å²) < 4.78 is 5.57. The minimum absolute atomic E-state index is 0.0301. The number of alkyl carbamates (subject to hydrolysis) is 1. The molecule has 1 fully saturated rings. The van der Waals surface area contributed by atoms with Gasteiger partial charge in [0.15, 0.2) is 0 Å². The fraction of sp³-hybridized carbons (Fsp3) is 0.464. The first-order valence-electron chi connectivity index (χ1n) is 12.6. The fourth-order valence-electron chi connectivity index (χ4n) is 5.21. The number of hydrogen-bond donors (Lipinski definition) is 2. The molecule has 1 aliphatic heterocycles. The number of carboxylic acid groups (broad SMARTS) is 1. The number of amides is 2. The summed E-state index contributed by atoms with van der Waals surface area (Å²) in [6.45, 7) is 3.31. The zero-order chi connectivity index (χ0) is 24.8.